The van der Waals surface area contributed by atoms with Gasteiger partial charge in [0.25, 0.3) is 0 Å². The van der Waals surface area contributed by atoms with E-state index in [-0.39, 0.29) is 17.7 Å². The fraction of sp³-hybridized carbons (Fsp3) is 0.560. The van der Waals surface area contributed by atoms with Crippen LogP contribution in [-0.4, -0.2) is 58.4 Å². The van der Waals surface area contributed by atoms with Gasteiger partial charge in [0.15, 0.2) is 5.84 Å². The molecule has 0 N–H and O–H groups in total. The maximum atomic E-state index is 13.1. The second-order valence-electron chi connectivity index (χ2n) is 10.5. The van der Waals surface area contributed by atoms with Crippen molar-refractivity contribution in [2.75, 3.05) is 6.61 Å². The number of nitrogens with zero attached hydrogens (tertiary/aromatic N) is 2. The number of ether oxygens (including phenoxy) is 4. The molecule has 0 aliphatic rings. The molecule has 3 amide bonds. The summed E-state index contributed by atoms with van der Waals surface area (Å²) in [6, 6.07) is 5.66. The lowest BCUT2D eigenvalue weighted by Gasteiger charge is -2.29. The highest BCUT2D eigenvalue weighted by molar-refractivity contribution is 6.18. The van der Waals surface area contributed by atoms with Crippen molar-refractivity contribution in [3.05, 3.63) is 35.4 Å². The zero-order valence-corrected chi connectivity index (χ0v) is 22.2. The lowest BCUT2D eigenvalue weighted by molar-refractivity contribution is 0.0147. The summed E-state index contributed by atoms with van der Waals surface area (Å²) in [4.78, 5) is 55.3. The highest BCUT2D eigenvalue weighted by Gasteiger charge is 2.36. The van der Waals surface area contributed by atoms with E-state index in [1.165, 1.54) is 24.3 Å². The number of esters is 1. The van der Waals surface area contributed by atoms with Crippen LogP contribution < -0.4 is 0 Å². The van der Waals surface area contributed by atoms with E-state index in [9.17, 15) is 19.2 Å². The van der Waals surface area contributed by atoms with Gasteiger partial charge in [-0.25, -0.2) is 19.2 Å². The SMILES string of the molecule is CCOC(=O)c1ccc(/C(=N\C(=O)OC(C)(C)C)N(C(=O)OC(C)(C)C)C(=O)OC(C)(C)C)cc1. The number of rotatable bonds is 3. The van der Waals surface area contributed by atoms with Crippen molar-refractivity contribution < 1.29 is 38.1 Å². The van der Waals surface area contributed by atoms with E-state index in [0.717, 1.165) is 0 Å². The third-order valence-electron chi connectivity index (χ3n) is 3.61. The molecule has 1 rings (SSSR count). The van der Waals surface area contributed by atoms with Gasteiger partial charge in [0.1, 0.15) is 16.8 Å². The average molecular weight is 493 g/mol. The van der Waals surface area contributed by atoms with Crippen LogP contribution in [0.4, 0.5) is 14.4 Å². The fourth-order valence-corrected chi connectivity index (χ4v) is 2.45. The molecule has 0 fully saturated rings. The fourth-order valence-electron chi connectivity index (χ4n) is 2.45. The lowest BCUT2D eigenvalue weighted by Crippen LogP contribution is -2.47. The summed E-state index contributed by atoms with van der Waals surface area (Å²) in [6.07, 6.45) is -3.26. The number of hydrogen-bond acceptors (Lipinski definition) is 8. The van der Waals surface area contributed by atoms with Crippen LogP contribution in [0.3, 0.4) is 0 Å². The predicted molar refractivity (Wildman–Crippen MR) is 129 cm³/mol. The maximum absolute atomic E-state index is 13.1. The van der Waals surface area contributed by atoms with Crippen LogP contribution in [0.1, 0.15) is 85.2 Å². The molecule has 0 aliphatic carbocycles. The minimum absolute atomic E-state index is 0.153. The van der Waals surface area contributed by atoms with Crippen molar-refractivity contribution in [2.24, 2.45) is 4.99 Å². The van der Waals surface area contributed by atoms with Crippen molar-refractivity contribution in [3.8, 4) is 0 Å². The molecule has 1 aromatic carbocycles. The van der Waals surface area contributed by atoms with Crippen LogP contribution >= 0.6 is 0 Å². The van der Waals surface area contributed by atoms with Crippen molar-refractivity contribution in [2.45, 2.75) is 86.0 Å². The highest BCUT2D eigenvalue weighted by Crippen LogP contribution is 2.20. The first-order valence-electron chi connectivity index (χ1n) is 11.2. The molecule has 0 heterocycles. The topological polar surface area (TPSA) is 121 Å². The Bertz CT molecular complexity index is 933. The Kier molecular flexibility index (Phi) is 9.58. The third-order valence-corrected chi connectivity index (χ3v) is 3.61. The third kappa shape index (κ3) is 10.6. The standard InChI is InChI=1S/C25H36N2O8/c1-11-32-19(28)17-14-12-16(13-15-17)18(26-20(29)33-23(2,3)4)27(21(30)34-24(5,6)7)22(31)35-25(8,9)10/h12-15H,11H2,1-10H3/b26-18+. The number of amidine groups is 1. The molecule has 10 nitrogen and oxygen atoms in total. The largest absolute Gasteiger partial charge is 0.462 e. The van der Waals surface area contributed by atoms with Crippen LogP contribution in [0.2, 0.25) is 0 Å². The molecule has 0 radical (unpaired) electrons. The number of carbonyl (C=O) groups is 4. The van der Waals surface area contributed by atoms with Gasteiger partial charge in [-0.2, -0.15) is 9.89 Å². The number of carbonyl (C=O) groups excluding carboxylic acids is 4. The summed E-state index contributed by atoms with van der Waals surface area (Å²) < 4.78 is 21.0. The second-order valence-corrected chi connectivity index (χ2v) is 10.5. The molecule has 0 bridgehead atoms. The summed E-state index contributed by atoms with van der Waals surface area (Å²) in [5.74, 6) is -0.945. The zero-order chi connectivity index (χ0) is 27.2. The van der Waals surface area contributed by atoms with E-state index in [0.29, 0.717) is 4.90 Å². The van der Waals surface area contributed by atoms with Gasteiger partial charge in [-0.1, -0.05) is 12.1 Å². The van der Waals surface area contributed by atoms with Gasteiger partial charge in [0.2, 0.25) is 0 Å². The van der Waals surface area contributed by atoms with E-state index in [1.807, 2.05) is 0 Å². The van der Waals surface area contributed by atoms with Crippen molar-refractivity contribution in [1.29, 1.82) is 0 Å². The number of aliphatic imine (C=N–C) groups is 1. The Balaban J connectivity index is 3.67. The van der Waals surface area contributed by atoms with Gasteiger partial charge < -0.3 is 18.9 Å². The summed E-state index contributed by atoms with van der Waals surface area (Å²) in [5.41, 5.74) is -2.44. The van der Waals surface area contributed by atoms with Crippen LogP contribution in [0.25, 0.3) is 0 Å². The van der Waals surface area contributed by atoms with Crippen LogP contribution in [-0.2, 0) is 18.9 Å². The predicted octanol–water partition coefficient (Wildman–Crippen LogP) is 5.72. The van der Waals surface area contributed by atoms with Crippen LogP contribution in [0.15, 0.2) is 29.3 Å². The molecular formula is C25H36N2O8. The molecule has 0 unspecified atom stereocenters. The van der Waals surface area contributed by atoms with Crippen LogP contribution in [0.5, 0.6) is 0 Å². The molecule has 0 spiro atoms. The smallest absolute Gasteiger partial charge is 0.436 e. The lowest BCUT2D eigenvalue weighted by atomic mass is 10.1. The molecule has 10 heteroatoms. The van der Waals surface area contributed by atoms with E-state index >= 15 is 0 Å². The molecule has 1 aromatic rings. The Labute approximate surface area is 206 Å². The maximum Gasteiger partial charge on any atom is 0.436 e. The number of imide groups is 1. The molecule has 0 saturated heterocycles. The Morgan fingerprint density at radius 2 is 1.11 bits per heavy atom. The van der Waals surface area contributed by atoms with Crippen molar-refractivity contribution in [1.82, 2.24) is 4.90 Å². The highest BCUT2D eigenvalue weighted by atomic mass is 16.6. The molecular weight excluding hydrogens is 456 g/mol. The number of amides is 3. The van der Waals surface area contributed by atoms with Crippen LogP contribution in [0, 0.1) is 0 Å². The Morgan fingerprint density at radius 1 is 0.714 bits per heavy atom. The zero-order valence-electron chi connectivity index (χ0n) is 22.2. The summed E-state index contributed by atoms with van der Waals surface area (Å²) in [7, 11) is 0. The van der Waals surface area contributed by atoms with Gasteiger partial charge in [0, 0.05) is 5.56 Å². The van der Waals surface area contributed by atoms with Gasteiger partial charge in [-0.3, -0.25) is 0 Å². The summed E-state index contributed by atoms with van der Waals surface area (Å²) in [6.45, 7) is 16.5. The quantitative estimate of drug-likeness (QED) is 0.227. The number of hydrogen-bond donors (Lipinski definition) is 0. The normalized spacial score (nSPS) is 12.5. The first-order valence-corrected chi connectivity index (χ1v) is 11.2. The van der Waals surface area contributed by atoms with Crippen molar-refractivity contribution in [3.63, 3.8) is 0 Å². The minimum Gasteiger partial charge on any atom is -0.462 e. The second kappa shape index (κ2) is 11.3. The summed E-state index contributed by atoms with van der Waals surface area (Å²) in [5, 5.41) is 0. The van der Waals surface area contributed by atoms with E-state index in [4.69, 9.17) is 18.9 Å². The van der Waals surface area contributed by atoms with E-state index in [2.05, 4.69) is 4.99 Å². The first kappa shape index (κ1) is 29.6. The van der Waals surface area contributed by atoms with Gasteiger partial charge in [-0.15, -0.1) is 0 Å². The Morgan fingerprint density at radius 3 is 1.49 bits per heavy atom. The molecule has 0 atom stereocenters. The molecule has 0 aromatic heterocycles. The van der Waals surface area contributed by atoms with Crippen molar-refractivity contribution >= 4 is 30.1 Å². The molecule has 194 valence electrons. The molecule has 0 saturated carbocycles. The Hall–Kier alpha value is -3.43. The summed E-state index contributed by atoms with van der Waals surface area (Å²) >= 11 is 0. The van der Waals surface area contributed by atoms with E-state index < -0.39 is 46.9 Å². The van der Waals surface area contributed by atoms with E-state index in [1.54, 1.807) is 69.2 Å². The average Bonchev–Trinajstić information content (AvgIpc) is 2.63. The molecule has 0 aliphatic heterocycles. The van der Waals surface area contributed by atoms with Gasteiger partial charge >= 0.3 is 24.2 Å². The first-order chi connectivity index (χ1) is 15.8. The minimum atomic E-state index is -1.11. The van der Waals surface area contributed by atoms with Gasteiger partial charge in [0.05, 0.1) is 12.2 Å². The van der Waals surface area contributed by atoms with Gasteiger partial charge in [-0.05, 0) is 81.4 Å². The number of benzene rings is 1. The monoisotopic (exact) mass is 492 g/mol. The molecule has 35 heavy (non-hydrogen) atoms.